The highest BCUT2D eigenvalue weighted by atomic mass is 32.1. The number of nitrogens with zero attached hydrogens (tertiary/aromatic N) is 1. The van der Waals surface area contributed by atoms with Crippen molar-refractivity contribution in [1.29, 1.82) is 0 Å². The second-order valence-corrected chi connectivity index (χ2v) is 5.13. The van der Waals surface area contributed by atoms with Crippen LogP contribution in [0, 0.1) is 0 Å². The van der Waals surface area contributed by atoms with Crippen LogP contribution in [0.5, 0.6) is 0 Å². The van der Waals surface area contributed by atoms with Gasteiger partial charge in [-0.1, -0.05) is 25.5 Å². The van der Waals surface area contributed by atoms with Gasteiger partial charge in [0.05, 0.1) is 5.69 Å². The summed E-state index contributed by atoms with van der Waals surface area (Å²) in [4.78, 5) is 14.4. The zero-order chi connectivity index (χ0) is 12.3. The SMILES string of the molecule is CCCCN(C)c1csc2ccccc2c1=O. The molecule has 0 aliphatic heterocycles. The molecule has 2 nitrogen and oxygen atoms in total. The van der Waals surface area contributed by atoms with Gasteiger partial charge in [0.25, 0.3) is 0 Å². The molecule has 0 unspecified atom stereocenters. The Labute approximate surface area is 106 Å². The van der Waals surface area contributed by atoms with Gasteiger partial charge >= 0.3 is 0 Å². The molecule has 2 aromatic rings. The minimum atomic E-state index is 0.151. The standard InChI is InChI=1S/C14H17NOS/c1-3-4-9-15(2)12-10-17-13-8-6-5-7-11(13)14(12)16/h5-8,10H,3-4,9H2,1-2H3. The van der Waals surface area contributed by atoms with Crippen LogP contribution in [0.3, 0.4) is 0 Å². The number of benzene rings is 1. The highest BCUT2D eigenvalue weighted by Crippen LogP contribution is 2.20. The minimum absolute atomic E-state index is 0.151. The highest BCUT2D eigenvalue weighted by molar-refractivity contribution is 7.16. The summed E-state index contributed by atoms with van der Waals surface area (Å²) in [6, 6.07) is 7.80. The molecule has 2 rings (SSSR count). The quantitative estimate of drug-likeness (QED) is 0.824. The first-order chi connectivity index (χ1) is 8.24. The van der Waals surface area contributed by atoms with E-state index in [0.29, 0.717) is 0 Å². The van der Waals surface area contributed by atoms with Gasteiger partial charge in [0.15, 0.2) is 0 Å². The van der Waals surface area contributed by atoms with E-state index in [1.807, 2.05) is 36.7 Å². The third-order valence-electron chi connectivity index (χ3n) is 2.92. The van der Waals surface area contributed by atoms with Crippen molar-refractivity contribution in [3.63, 3.8) is 0 Å². The molecule has 0 bridgehead atoms. The summed E-state index contributed by atoms with van der Waals surface area (Å²) in [6.45, 7) is 3.10. The second kappa shape index (κ2) is 5.32. The molecule has 0 spiro atoms. The van der Waals surface area contributed by atoms with Gasteiger partial charge in [0.1, 0.15) is 0 Å². The Bertz CT molecular complexity index is 561. The minimum Gasteiger partial charge on any atom is -0.371 e. The topological polar surface area (TPSA) is 20.3 Å². The van der Waals surface area contributed by atoms with Crippen LogP contribution in [-0.4, -0.2) is 13.6 Å². The van der Waals surface area contributed by atoms with Gasteiger partial charge in [0, 0.05) is 29.1 Å². The molecule has 1 aromatic heterocycles. The second-order valence-electron chi connectivity index (χ2n) is 4.22. The maximum absolute atomic E-state index is 12.3. The summed E-state index contributed by atoms with van der Waals surface area (Å²) < 4.78 is 1.06. The molecular weight excluding hydrogens is 230 g/mol. The summed E-state index contributed by atoms with van der Waals surface area (Å²) in [7, 11) is 1.99. The fourth-order valence-electron chi connectivity index (χ4n) is 1.85. The summed E-state index contributed by atoms with van der Waals surface area (Å²) in [5.74, 6) is 0. The zero-order valence-corrected chi connectivity index (χ0v) is 11.1. The number of hydrogen-bond donors (Lipinski definition) is 0. The average molecular weight is 247 g/mol. The van der Waals surface area contributed by atoms with Gasteiger partial charge in [-0.15, -0.1) is 11.3 Å². The van der Waals surface area contributed by atoms with Gasteiger partial charge in [-0.3, -0.25) is 4.79 Å². The Kier molecular flexibility index (Phi) is 3.79. The maximum Gasteiger partial charge on any atom is 0.211 e. The molecule has 0 fully saturated rings. The first-order valence-corrected chi connectivity index (χ1v) is 6.83. The van der Waals surface area contributed by atoms with Crippen LogP contribution < -0.4 is 10.3 Å². The molecule has 1 heterocycles. The largest absolute Gasteiger partial charge is 0.371 e. The number of fused-ring (bicyclic) bond motifs is 1. The molecule has 3 heteroatoms. The molecule has 0 saturated carbocycles. The Balaban J connectivity index is 2.42. The Hall–Kier alpha value is -1.35. The lowest BCUT2D eigenvalue weighted by Gasteiger charge is -2.17. The number of anilines is 1. The monoisotopic (exact) mass is 247 g/mol. The number of hydrogen-bond acceptors (Lipinski definition) is 3. The molecular formula is C14H17NOS. The van der Waals surface area contributed by atoms with E-state index in [2.05, 4.69) is 11.8 Å². The Morgan fingerprint density at radius 2 is 2.06 bits per heavy atom. The van der Waals surface area contributed by atoms with Crippen molar-refractivity contribution in [2.24, 2.45) is 0 Å². The van der Waals surface area contributed by atoms with Crippen LogP contribution in [0.1, 0.15) is 19.8 Å². The van der Waals surface area contributed by atoms with Crippen LogP contribution in [0.4, 0.5) is 5.69 Å². The van der Waals surface area contributed by atoms with Crippen molar-refractivity contribution < 1.29 is 0 Å². The fraction of sp³-hybridized carbons (Fsp3) is 0.357. The smallest absolute Gasteiger partial charge is 0.211 e. The van der Waals surface area contributed by atoms with E-state index in [1.165, 1.54) is 0 Å². The molecule has 0 N–H and O–H groups in total. The van der Waals surface area contributed by atoms with Crippen molar-refractivity contribution in [2.45, 2.75) is 19.8 Å². The van der Waals surface area contributed by atoms with Crippen LogP contribution >= 0.6 is 11.3 Å². The highest BCUT2D eigenvalue weighted by Gasteiger charge is 2.08. The predicted molar refractivity (Wildman–Crippen MR) is 76.3 cm³/mol. The molecule has 0 amide bonds. The van der Waals surface area contributed by atoms with Crippen LogP contribution in [0.2, 0.25) is 0 Å². The van der Waals surface area contributed by atoms with E-state index >= 15 is 0 Å². The van der Waals surface area contributed by atoms with Crippen molar-refractivity contribution in [3.05, 3.63) is 39.9 Å². The maximum atomic E-state index is 12.3. The lowest BCUT2D eigenvalue weighted by Crippen LogP contribution is -2.24. The van der Waals surface area contributed by atoms with E-state index in [0.717, 1.165) is 35.2 Å². The first kappa shape index (κ1) is 12.1. The van der Waals surface area contributed by atoms with Gasteiger partial charge in [-0.05, 0) is 18.6 Å². The summed E-state index contributed by atoms with van der Waals surface area (Å²) >= 11 is 1.64. The molecule has 1 aromatic carbocycles. The molecule has 0 saturated heterocycles. The van der Waals surface area contributed by atoms with E-state index in [4.69, 9.17) is 0 Å². The van der Waals surface area contributed by atoms with Crippen LogP contribution in [-0.2, 0) is 0 Å². The van der Waals surface area contributed by atoms with Crippen molar-refractivity contribution in [2.75, 3.05) is 18.5 Å². The van der Waals surface area contributed by atoms with Gasteiger partial charge in [-0.25, -0.2) is 0 Å². The zero-order valence-electron chi connectivity index (χ0n) is 10.3. The predicted octanol–water partition coefficient (Wildman–Crippen LogP) is 3.50. The van der Waals surface area contributed by atoms with Crippen LogP contribution in [0.25, 0.3) is 10.1 Å². The fourth-order valence-corrected chi connectivity index (χ4v) is 2.82. The van der Waals surface area contributed by atoms with E-state index in [9.17, 15) is 4.79 Å². The molecule has 0 aliphatic rings. The van der Waals surface area contributed by atoms with Crippen LogP contribution in [0.15, 0.2) is 34.4 Å². The molecule has 17 heavy (non-hydrogen) atoms. The van der Waals surface area contributed by atoms with Crippen molar-refractivity contribution in [1.82, 2.24) is 0 Å². The van der Waals surface area contributed by atoms with E-state index in [1.54, 1.807) is 11.3 Å². The summed E-state index contributed by atoms with van der Waals surface area (Å²) in [5, 5.41) is 2.80. The number of unbranched alkanes of at least 4 members (excludes halogenated alkanes) is 1. The lowest BCUT2D eigenvalue weighted by molar-refractivity contribution is 0.766. The number of rotatable bonds is 4. The summed E-state index contributed by atoms with van der Waals surface area (Å²) in [6.07, 6.45) is 2.27. The Morgan fingerprint density at radius 3 is 2.82 bits per heavy atom. The molecule has 90 valence electrons. The van der Waals surface area contributed by atoms with Crippen molar-refractivity contribution in [3.8, 4) is 0 Å². The van der Waals surface area contributed by atoms with Gasteiger partial charge in [-0.2, -0.15) is 0 Å². The van der Waals surface area contributed by atoms with Crippen molar-refractivity contribution >= 4 is 27.1 Å². The lowest BCUT2D eigenvalue weighted by atomic mass is 10.2. The van der Waals surface area contributed by atoms with E-state index < -0.39 is 0 Å². The average Bonchev–Trinajstić information content (AvgIpc) is 2.37. The third-order valence-corrected chi connectivity index (χ3v) is 3.87. The first-order valence-electron chi connectivity index (χ1n) is 5.95. The molecule has 0 aliphatic carbocycles. The van der Waals surface area contributed by atoms with E-state index in [-0.39, 0.29) is 5.43 Å². The molecule has 0 radical (unpaired) electrons. The normalized spacial score (nSPS) is 10.7. The van der Waals surface area contributed by atoms with Gasteiger partial charge < -0.3 is 4.90 Å². The van der Waals surface area contributed by atoms with Gasteiger partial charge in [0.2, 0.25) is 5.43 Å². The molecule has 0 atom stereocenters. The third kappa shape index (κ3) is 2.50. The Morgan fingerprint density at radius 1 is 1.29 bits per heavy atom. The summed E-state index contributed by atoms with van der Waals surface area (Å²) in [5.41, 5.74) is 0.972.